The molecule has 0 radical (unpaired) electrons. The van der Waals surface area contributed by atoms with Gasteiger partial charge in [0, 0.05) is 0 Å². The molecule has 0 aliphatic heterocycles. The van der Waals surface area contributed by atoms with E-state index in [-0.39, 0.29) is 11.6 Å². The predicted molar refractivity (Wildman–Crippen MR) is 75.3 cm³/mol. The van der Waals surface area contributed by atoms with E-state index in [1.54, 1.807) is 0 Å². The first-order valence-electron chi connectivity index (χ1n) is 6.76. The van der Waals surface area contributed by atoms with Crippen LogP contribution in [0, 0.1) is 11.3 Å². The first kappa shape index (κ1) is 15.4. The van der Waals surface area contributed by atoms with Gasteiger partial charge in [-0.1, -0.05) is 0 Å². The quantitative estimate of drug-likeness (QED) is 0.729. The molecule has 114 valence electrons. The summed E-state index contributed by atoms with van der Waals surface area (Å²) in [6, 6.07) is 1.89. The molecule has 2 rings (SSSR count). The summed E-state index contributed by atoms with van der Waals surface area (Å²) >= 11 is 0. The van der Waals surface area contributed by atoms with E-state index in [1.807, 2.05) is 6.07 Å². The molecule has 0 aliphatic rings. The fraction of sp³-hybridized carbons (Fsp3) is 0.357. The molecule has 0 saturated heterocycles. The van der Waals surface area contributed by atoms with Crippen molar-refractivity contribution in [3.8, 4) is 23.7 Å². The van der Waals surface area contributed by atoms with E-state index < -0.39 is 0 Å². The molecule has 0 spiro atoms. The summed E-state index contributed by atoms with van der Waals surface area (Å²) in [6.45, 7) is 1.05. The Morgan fingerprint density at radius 2 is 1.50 bits per heavy atom. The van der Waals surface area contributed by atoms with Gasteiger partial charge in [0.15, 0.2) is 5.69 Å². The van der Waals surface area contributed by atoms with E-state index >= 15 is 0 Å². The van der Waals surface area contributed by atoms with Crippen LogP contribution in [-0.4, -0.2) is 38.3 Å². The molecular weight excluding hydrogens is 286 g/mol. The highest BCUT2D eigenvalue weighted by Crippen LogP contribution is 2.09. The van der Waals surface area contributed by atoms with Gasteiger partial charge in [-0.15, -0.1) is 0 Å². The normalized spacial score (nSPS) is 9.95. The highest BCUT2D eigenvalue weighted by molar-refractivity contribution is 5.18. The molecule has 2 aromatic heterocycles. The number of nitrogens with zero attached hydrogens (tertiary/aromatic N) is 5. The number of aromatic hydroxyl groups is 1. The molecule has 0 unspecified atom stereocenters. The van der Waals surface area contributed by atoms with E-state index in [4.69, 9.17) is 19.8 Å². The summed E-state index contributed by atoms with van der Waals surface area (Å²) in [4.78, 5) is 15.4. The number of aromatic nitrogens is 4. The van der Waals surface area contributed by atoms with Gasteiger partial charge in [0.05, 0.1) is 38.0 Å². The monoisotopic (exact) mass is 301 g/mol. The van der Waals surface area contributed by atoms with E-state index in [0.717, 1.165) is 19.3 Å². The number of rotatable bonds is 8. The Balaban J connectivity index is 1.54. The maximum absolute atomic E-state index is 8.98. The van der Waals surface area contributed by atoms with Crippen LogP contribution in [0.4, 0.5) is 0 Å². The average Bonchev–Trinajstić information content (AvgIpc) is 2.56. The van der Waals surface area contributed by atoms with Gasteiger partial charge < -0.3 is 14.6 Å². The molecular formula is C14H15N5O3. The lowest BCUT2D eigenvalue weighted by Crippen LogP contribution is -2.03. The predicted octanol–water partition coefficient (Wildman–Crippen LogP) is 1.47. The minimum Gasteiger partial charge on any atom is -0.492 e. The topological polar surface area (TPSA) is 114 Å². The molecule has 1 N–H and O–H groups in total. The molecule has 0 aliphatic carbocycles. The van der Waals surface area contributed by atoms with Crippen LogP contribution in [0.15, 0.2) is 24.8 Å². The zero-order valence-corrected chi connectivity index (χ0v) is 11.8. The lowest BCUT2D eigenvalue weighted by Gasteiger charge is -2.06. The molecule has 0 amide bonds. The summed E-state index contributed by atoms with van der Waals surface area (Å²) < 4.78 is 10.8. The number of hydrogen-bond donors (Lipinski definition) is 1. The molecule has 8 nitrogen and oxygen atoms in total. The first-order valence-corrected chi connectivity index (χ1v) is 6.76. The van der Waals surface area contributed by atoms with Crippen molar-refractivity contribution in [2.45, 2.75) is 19.3 Å². The van der Waals surface area contributed by atoms with Gasteiger partial charge in [-0.25, -0.2) is 19.9 Å². The van der Waals surface area contributed by atoms with Crippen LogP contribution in [0.1, 0.15) is 25.0 Å². The second-order valence-corrected chi connectivity index (χ2v) is 4.32. The minimum atomic E-state index is -0.129. The number of nitriles is 1. The Morgan fingerprint density at radius 3 is 2.00 bits per heavy atom. The Kier molecular flexibility index (Phi) is 5.87. The molecule has 0 atom stereocenters. The molecule has 2 aromatic rings. The Hall–Kier alpha value is -2.95. The Labute approximate surface area is 127 Å². The number of ether oxygens (including phenoxy) is 2. The fourth-order valence-corrected chi connectivity index (χ4v) is 1.57. The maximum Gasteiger partial charge on any atom is 0.232 e. The minimum absolute atomic E-state index is 0.129. The van der Waals surface area contributed by atoms with Crippen LogP contribution < -0.4 is 9.47 Å². The molecule has 8 heteroatoms. The van der Waals surface area contributed by atoms with Crippen LogP contribution in [0.2, 0.25) is 0 Å². The van der Waals surface area contributed by atoms with Crippen molar-refractivity contribution >= 4 is 0 Å². The van der Waals surface area contributed by atoms with Crippen molar-refractivity contribution in [3.63, 3.8) is 0 Å². The SMILES string of the molecule is N#Cc1cnc(OCCCCCOc2cnc(O)cn2)cn1. The third-order valence-electron chi connectivity index (χ3n) is 2.65. The third kappa shape index (κ3) is 5.20. The van der Waals surface area contributed by atoms with Gasteiger partial charge in [-0.2, -0.15) is 5.26 Å². The van der Waals surface area contributed by atoms with Crippen LogP contribution in [-0.2, 0) is 0 Å². The van der Waals surface area contributed by atoms with Crippen molar-refractivity contribution in [3.05, 3.63) is 30.5 Å². The van der Waals surface area contributed by atoms with Gasteiger partial charge in [0.1, 0.15) is 6.07 Å². The van der Waals surface area contributed by atoms with Gasteiger partial charge in [0.2, 0.25) is 17.6 Å². The average molecular weight is 301 g/mol. The van der Waals surface area contributed by atoms with Crippen molar-refractivity contribution in [1.82, 2.24) is 19.9 Å². The lowest BCUT2D eigenvalue weighted by atomic mass is 10.2. The maximum atomic E-state index is 8.98. The summed E-state index contributed by atoms with van der Waals surface area (Å²) in [5.74, 6) is 0.673. The summed E-state index contributed by atoms with van der Waals surface area (Å²) in [5, 5.41) is 17.6. The standard InChI is InChI=1S/C14H15N5O3/c15-6-11-7-18-13(9-16-11)21-4-2-1-3-5-22-14-10-17-12(20)8-19-14/h7-10H,1-5H2,(H,17,20). The van der Waals surface area contributed by atoms with Crippen molar-refractivity contribution < 1.29 is 14.6 Å². The largest absolute Gasteiger partial charge is 0.492 e. The molecule has 0 saturated carbocycles. The summed E-state index contributed by atoms with van der Waals surface area (Å²) in [5.41, 5.74) is 0.266. The van der Waals surface area contributed by atoms with E-state index in [1.165, 1.54) is 24.8 Å². The van der Waals surface area contributed by atoms with Crippen LogP contribution in [0.25, 0.3) is 0 Å². The van der Waals surface area contributed by atoms with Crippen molar-refractivity contribution in [2.24, 2.45) is 0 Å². The zero-order valence-electron chi connectivity index (χ0n) is 11.8. The van der Waals surface area contributed by atoms with Crippen LogP contribution in [0.5, 0.6) is 17.6 Å². The van der Waals surface area contributed by atoms with Gasteiger partial charge in [-0.05, 0) is 19.3 Å². The van der Waals surface area contributed by atoms with Gasteiger partial charge in [0.25, 0.3) is 0 Å². The molecule has 0 fully saturated rings. The highest BCUT2D eigenvalue weighted by atomic mass is 16.5. The van der Waals surface area contributed by atoms with Gasteiger partial charge in [-0.3, -0.25) is 0 Å². The highest BCUT2D eigenvalue weighted by Gasteiger charge is 1.99. The number of unbranched alkanes of at least 4 members (excludes halogenated alkanes) is 2. The third-order valence-corrected chi connectivity index (χ3v) is 2.65. The number of hydrogen-bond acceptors (Lipinski definition) is 8. The van der Waals surface area contributed by atoms with E-state index in [2.05, 4.69) is 19.9 Å². The smallest absolute Gasteiger partial charge is 0.232 e. The summed E-state index contributed by atoms with van der Waals surface area (Å²) in [7, 11) is 0. The Bertz CT molecular complexity index is 610. The summed E-state index contributed by atoms with van der Waals surface area (Å²) in [6.07, 6.45) is 8.06. The lowest BCUT2D eigenvalue weighted by molar-refractivity contribution is 0.267. The molecule has 0 aromatic carbocycles. The van der Waals surface area contributed by atoms with Crippen molar-refractivity contribution in [2.75, 3.05) is 13.2 Å². The first-order chi connectivity index (χ1) is 10.8. The van der Waals surface area contributed by atoms with Crippen LogP contribution >= 0.6 is 0 Å². The Morgan fingerprint density at radius 1 is 0.864 bits per heavy atom. The fourth-order valence-electron chi connectivity index (χ4n) is 1.57. The van der Waals surface area contributed by atoms with E-state index in [9.17, 15) is 0 Å². The van der Waals surface area contributed by atoms with Crippen LogP contribution in [0.3, 0.4) is 0 Å². The van der Waals surface area contributed by atoms with Crippen molar-refractivity contribution in [1.29, 1.82) is 5.26 Å². The molecule has 22 heavy (non-hydrogen) atoms. The second kappa shape index (κ2) is 8.36. The molecule has 0 bridgehead atoms. The second-order valence-electron chi connectivity index (χ2n) is 4.32. The molecule has 2 heterocycles. The van der Waals surface area contributed by atoms with Gasteiger partial charge >= 0.3 is 0 Å². The zero-order chi connectivity index (χ0) is 15.6. The van der Waals surface area contributed by atoms with E-state index in [0.29, 0.717) is 25.0 Å².